The molecule has 2 atom stereocenters. The first kappa shape index (κ1) is 11.2. The van der Waals surface area contributed by atoms with E-state index in [1.807, 2.05) is 19.9 Å². The molecule has 0 aliphatic heterocycles. The summed E-state index contributed by atoms with van der Waals surface area (Å²) in [4.78, 5) is 15.0. The van der Waals surface area contributed by atoms with Gasteiger partial charge in [0.05, 0.1) is 12.6 Å². The molecule has 1 rings (SSSR count). The number of nitrogens with zero attached hydrogens (tertiary/aromatic N) is 2. The maximum absolute atomic E-state index is 11.8. The van der Waals surface area contributed by atoms with Crippen LogP contribution in [-0.4, -0.2) is 5.78 Å². The molecule has 0 spiro atoms. The standard InChI is InChI=1S/C12H12N2O/c1-5-9-11(10(6-13)14-4)7(2)8(3)12(9)15/h5,7-8H,1-3H3/b9-5?,11-10+. The minimum atomic E-state index is -0.128. The Hall–Kier alpha value is -1.87. The van der Waals surface area contributed by atoms with Gasteiger partial charge >= 0.3 is 0 Å². The van der Waals surface area contributed by atoms with Crippen molar-refractivity contribution in [1.29, 1.82) is 5.26 Å². The quantitative estimate of drug-likeness (QED) is 0.342. The summed E-state index contributed by atoms with van der Waals surface area (Å²) < 4.78 is 0. The van der Waals surface area contributed by atoms with Gasteiger partial charge in [-0.2, -0.15) is 0 Å². The minimum Gasteiger partial charge on any atom is -0.294 e. The summed E-state index contributed by atoms with van der Waals surface area (Å²) in [6.45, 7) is 12.4. The van der Waals surface area contributed by atoms with Crippen LogP contribution in [0.5, 0.6) is 0 Å². The number of hydrogen-bond donors (Lipinski definition) is 0. The molecule has 0 aromatic carbocycles. The van der Waals surface area contributed by atoms with Crippen LogP contribution in [0.15, 0.2) is 22.9 Å². The van der Waals surface area contributed by atoms with Crippen molar-refractivity contribution in [3.05, 3.63) is 34.3 Å². The lowest BCUT2D eigenvalue weighted by atomic mass is 9.95. The first-order chi connectivity index (χ1) is 7.08. The number of hydrogen-bond acceptors (Lipinski definition) is 2. The number of ketones is 1. The Labute approximate surface area is 89.5 Å². The molecule has 0 aromatic heterocycles. The Morgan fingerprint density at radius 3 is 2.53 bits per heavy atom. The van der Waals surface area contributed by atoms with E-state index >= 15 is 0 Å². The first-order valence-corrected chi connectivity index (χ1v) is 4.81. The molecule has 0 bridgehead atoms. The fraction of sp³-hybridized carbons (Fsp3) is 0.417. The van der Waals surface area contributed by atoms with Gasteiger partial charge in [-0.15, -0.1) is 0 Å². The van der Waals surface area contributed by atoms with Crippen LogP contribution in [0.3, 0.4) is 0 Å². The summed E-state index contributed by atoms with van der Waals surface area (Å²) in [6.07, 6.45) is 1.69. The van der Waals surface area contributed by atoms with Crippen molar-refractivity contribution in [2.75, 3.05) is 0 Å². The molecule has 0 aromatic rings. The Morgan fingerprint density at radius 1 is 1.53 bits per heavy atom. The zero-order valence-corrected chi connectivity index (χ0v) is 9.03. The Morgan fingerprint density at radius 2 is 2.13 bits per heavy atom. The van der Waals surface area contributed by atoms with Crippen molar-refractivity contribution in [3.63, 3.8) is 0 Å². The van der Waals surface area contributed by atoms with Crippen molar-refractivity contribution in [3.8, 4) is 6.07 Å². The number of carbonyl (C=O) groups excluding carboxylic acids is 1. The molecule has 1 saturated carbocycles. The van der Waals surface area contributed by atoms with Crippen molar-refractivity contribution in [2.45, 2.75) is 20.8 Å². The SMILES string of the molecule is [C-]#[N+]/C(C#N)=C1/C(=CC)C(=O)C(C)C1C. The highest BCUT2D eigenvalue weighted by molar-refractivity contribution is 6.05. The molecule has 76 valence electrons. The molecule has 0 N–H and O–H groups in total. The predicted molar refractivity (Wildman–Crippen MR) is 56.3 cm³/mol. The van der Waals surface area contributed by atoms with Gasteiger partial charge in [0, 0.05) is 11.5 Å². The smallest absolute Gasteiger partial charge is 0.266 e. The molecule has 0 saturated heterocycles. The van der Waals surface area contributed by atoms with E-state index in [4.69, 9.17) is 11.8 Å². The lowest BCUT2D eigenvalue weighted by Crippen LogP contribution is -2.07. The molecule has 3 heteroatoms. The highest BCUT2D eigenvalue weighted by Gasteiger charge is 2.37. The van der Waals surface area contributed by atoms with Crippen molar-refractivity contribution in [1.82, 2.24) is 0 Å². The number of rotatable bonds is 0. The van der Waals surface area contributed by atoms with Crippen LogP contribution in [-0.2, 0) is 4.79 Å². The third-order valence-electron chi connectivity index (χ3n) is 2.94. The van der Waals surface area contributed by atoms with E-state index in [1.165, 1.54) is 0 Å². The lowest BCUT2D eigenvalue weighted by molar-refractivity contribution is -0.117. The molecule has 1 aliphatic carbocycles. The second kappa shape index (κ2) is 4.11. The third kappa shape index (κ3) is 1.57. The summed E-state index contributed by atoms with van der Waals surface area (Å²) in [6, 6.07) is 1.86. The van der Waals surface area contributed by atoms with Crippen LogP contribution in [0.2, 0.25) is 0 Å². The maximum atomic E-state index is 11.8. The van der Waals surface area contributed by atoms with Gasteiger partial charge in [0.2, 0.25) is 0 Å². The molecule has 0 radical (unpaired) electrons. The monoisotopic (exact) mass is 200 g/mol. The van der Waals surface area contributed by atoms with E-state index < -0.39 is 0 Å². The summed E-state index contributed by atoms with van der Waals surface area (Å²) >= 11 is 0. The van der Waals surface area contributed by atoms with Gasteiger partial charge < -0.3 is 0 Å². The molecule has 3 nitrogen and oxygen atoms in total. The van der Waals surface area contributed by atoms with E-state index in [0.29, 0.717) is 11.1 Å². The average Bonchev–Trinajstić information content (AvgIpc) is 2.46. The van der Waals surface area contributed by atoms with Gasteiger partial charge in [-0.3, -0.25) is 4.79 Å². The molecular weight excluding hydrogens is 188 g/mol. The Balaban J connectivity index is 3.45. The third-order valence-corrected chi connectivity index (χ3v) is 2.94. The van der Waals surface area contributed by atoms with Gasteiger partial charge in [-0.25, -0.2) is 10.1 Å². The molecule has 1 fully saturated rings. The van der Waals surface area contributed by atoms with Crippen molar-refractivity contribution >= 4 is 5.78 Å². The number of Topliss-reactive ketones (excluding diaryl/α,β-unsaturated/α-hetero) is 1. The van der Waals surface area contributed by atoms with Crippen LogP contribution in [0, 0.1) is 29.7 Å². The van der Waals surface area contributed by atoms with Gasteiger partial charge in [0.15, 0.2) is 5.78 Å². The highest BCUT2D eigenvalue weighted by Crippen LogP contribution is 2.39. The van der Waals surface area contributed by atoms with Crippen LogP contribution < -0.4 is 0 Å². The van der Waals surface area contributed by atoms with Gasteiger partial charge in [0.25, 0.3) is 5.70 Å². The summed E-state index contributed by atoms with van der Waals surface area (Å²) in [5.41, 5.74) is 1.21. The lowest BCUT2D eigenvalue weighted by Gasteiger charge is -2.07. The molecule has 15 heavy (non-hydrogen) atoms. The minimum absolute atomic E-state index is 0.0348. The second-order valence-corrected chi connectivity index (χ2v) is 3.63. The first-order valence-electron chi connectivity index (χ1n) is 4.81. The summed E-state index contributed by atoms with van der Waals surface area (Å²) in [5.74, 6) is -0.125. The van der Waals surface area contributed by atoms with Crippen LogP contribution >= 0.6 is 0 Å². The zero-order chi connectivity index (χ0) is 11.6. The van der Waals surface area contributed by atoms with Gasteiger partial charge in [-0.1, -0.05) is 19.9 Å². The molecular formula is C12H12N2O. The summed E-state index contributed by atoms with van der Waals surface area (Å²) in [7, 11) is 0. The number of allylic oxidation sites excluding steroid dienone is 4. The number of carbonyl (C=O) groups is 1. The zero-order valence-electron chi connectivity index (χ0n) is 9.03. The highest BCUT2D eigenvalue weighted by atomic mass is 16.1. The van der Waals surface area contributed by atoms with E-state index in [0.717, 1.165) is 0 Å². The van der Waals surface area contributed by atoms with E-state index in [1.54, 1.807) is 13.0 Å². The average molecular weight is 200 g/mol. The van der Waals surface area contributed by atoms with E-state index in [9.17, 15) is 4.79 Å². The van der Waals surface area contributed by atoms with Crippen molar-refractivity contribution in [2.24, 2.45) is 11.8 Å². The normalized spacial score (nSPS) is 31.3. The Bertz CT molecular complexity index is 427. The van der Waals surface area contributed by atoms with Gasteiger partial charge in [-0.05, 0) is 18.4 Å². The van der Waals surface area contributed by atoms with Crippen LogP contribution in [0.25, 0.3) is 4.85 Å². The molecule has 1 aliphatic rings. The fourth-order valence-corrected chi connectivity index (χ4v) is 1.89. The maximum Gasteiger partial charge on any atom is 0.266 e. The van der Waals surface area contributed by atoms with Gasteiger partial charge in [0.1, 0.15) is 0 Å². The van der Waals surface area contributed by atoms with Crippen LogP contribution in [0.4, 0.5) is 0 Å². The largest absolute Gasteiger partial charge is 0.294 e. The van der Waals surface area contributed by atoms with Crippen LogP contribution in [0.1, 0.15) is 20.8 Å². The fourth-order valence-electron chi connectivity index (χ4n) is 1.89. The van der Waals surface area contributed by atoms with E-state index in [-0.39, 0.29) is 23.3 Å². The predicted octanol–water partition coefficient (Wildman–Crippen LogP) is 2.48. The molecule has 0 heterocycles. The molecule has 2 unspecified atom stereocenters. The number of nitriles is 1. The Kier molecular flexibility index (Phi) is 3.07. The molecule has 0 amide bonds. The summed E-state index contributed by atoms with van der Waals surface area (Å²) in [5, 5.41) is 8.83. The topological polar surface area (TPSA) is 45.2 Å². The second-order valence-electron chi connectivity index (χ2n) is 3.63. The van der Waals surface area contributed by atoms with E-state index in [2.05, 4.69) is 4.85 Å². The van der Waals surface area contributed by atoms with Crippen molar-refractivity contribution < 1.29 is 4.79 Å².